The van der Waals surface area contributed by atoms with Crippen LogP contribution in [0.25, 0.3) is 10.8 Å². The van der Waals surface area contributed by atoms with Crippen molar-refractivity contribution < 1.29 is 4.39 Å². The molecule has 0 saturated carbocycles. The van der Waals surface area contributed by atoms with Gasteiger partial charge in [0.2, 0.25) is 0 Å². The molecule has 0 amide bonds. The van der Waals surface area contributed by atoms with Crippen LogP contribution in [0.3, 0.4) is 0 Å². The molecule has 1 aromatic heterocycles. The summed E-state index contributed by atoms with van der Waals surface area (Å²) >= 11 is 0. The van der Waals surface area contributed by atoms with Crippen LogP contribution in [0, 0.1) is 5.82 Å². The van der Waals surface area contributed by atoms with Gasteiger partial charge in [0.05, 0.1) is 6.20 Å². The molecule has 0 fully saturated rings. The molecule has 0 bridgehead atoms. The third-order valence-corrected chi connectivity index (χ3v) is 2.92. The zero-order valence-corrected chi connectivity index (χ0v) is 10.2. The number of rotatable bonds is 3. The van der Waals surface area contributed by atoms with Crippen LogP contribution in [-0.2, 0) is 6.54 Å². The van der Waals surface area contributed by atoms with Gasteiger partial charge in [-0.15, -0.1) is 5.10 Å². The Morgan fingerprint density at radius 1 is 1.05 bits per heavy atom. The van der Waals surface area contributed by atoms with Crippen molar-refractivity contribution in [2.75, 3.05) is 5.32 Å². The number of nitrogens with one attached hydrogen (secondary N) is 1. The summed E-state index contributed by atoms with van der Waals surface area (Å²) in [6.07, 6.45) is 1.72. The molecule has 94 valence electrons. The summed E-state index contributed by atoms with van der Waals surface area (Å²) in [5.74, 6) is 0.477. The fourth-order valence-electron chi connectivity index (χ4n) is 1.99. The number of anilines is 1. The van der Waals surface area contributed by atoms with Crippen LogP contribution in [0.2, 0.25) is 0 Å². The van der Waals surface area contributed by atoms with E-state index in [0.29, 0.717) is 12.4 Å². The van der Waals surface area contributed by atoms with Gasteiger partial charge in [0.15, 0.2) is 5.82 Å². The van der Waals surface area contributed by atoms with Crippen molar-refractivity contribution in [1.29, 1.82) is 0 Å². The van der Waals surface area contributed by atoms with E-state index in [2.05, 4.69) is 15.5 Å². The molecule has 1 N–H and O–H groups in total. The van der Waals surface area contributed by atoms with E-state index in [1.165, 1.54) is 12.1 Å². The average Bonchev–Trinajstić information content (AvgIpc) is 2.45. The third-order valence-electron chi connectivity index (χ3n) is 2.92. The Bertz CT molecular complexity index is 707. The smallest absolute Gasteiger partial charge is 0.156 e. The number of benzene rings is 2. The van der Waals surface area contributed by atoms with Crippen molar-refractivity contribution >= 4 is 16.6 Å². The first kappa shape index (κ1) is 11.6. The Morgan fingerprint density at radius 2 is 1.95 bits per heavy atom. The highest BCUT2D eigenvalue weighted by Gasteiger charge is 2.02. The van der Waals surface area contributed by atoms with Crippen molar-refractivity contribution in [1.82, 2.24) is 10.2 Å². The summed E-state index contributed by atoms with van der Waals surface area (Å²) in [5.41, 5.74) is 0.870. The van der Waals surface area contributed by atoms with Gasteiger partial charge in [-0.2, -0.15) is 5.10 Å². The van der Waals surface area contributed by atoms with Crippen LogP contribution in [0.5, 0.6) is 0 Å². The molecule has 19 heavy (non-hydrogen) atoms. The maximum atomic E-state index is 13.1. The van der Waals surface area contributed by atoms with Gasteiger partial charge in [-0.3, -0.25) is 0 Å². The second kappa shape index (κ2) is 5.02. The molecule has 0 aliphatic rings. The van der Waals surface area contributed by atoms with Crippen LogP contribution in [0.4, 0.5) is 10.2 Å². The van der Waals surface area contributed by atoms with E-state index >= 15 is 0 Å². The normalized spacial score (nSPS) is 10.6. The fourth-order valence-corrected chi connectivity index (χ4v) is 1.99. The summed E-state index contributed by atoms with van der Waals surface area (Å²) < 4.78 is 13.1. The van der Waals surface area contributed by atoms with Gasteiger partial charge in [0.1, 0.15) is 5.82 Å². The first-order chi connectivity index (χ1) is 9.33. The molecule has 0 radical (unpaired) electrons. The zero-order chi connectivity index (χ0) is 13.1. The van der Waals surface area contributed by atoms with Gasteiger partial charge in [0.25, 0.3) is 0 Å². The minimum atomic E-state index is -0.233. The molecule has 2 aromatic carbocycles. The van der Waals surface area contributed by atoms with E-state index in [1.807, 2.05) is 30.3 Å². The van der Waals surface area contributed by atoms with Crippen molar-refractivity contribution in [3.05, 3.63) is 66.1 Å². The van der Waals surface area contributed by atoms with Crippen molar-refractivity contribution in [3.8, 4) is 0 Å². The standard InChI is InChI=1S/C15H12FN3/c16-13-6-3-4-11(8-13)9-17-15-14-7-2-1-5-12(14)10-18-19-15/h1-8,10H,9H2,(H,17,19). The molecule has 0 spiro atoms. The number of halogens is 1. The van der Waals surface area contributed by atoms with Crippen molar-refractivity contribution in [2.45, 2.75) is 6.54 Å². The lowest BCUT2D eigenvalue weighted by Gasteiger charge is -2.07. The van der Waals surface area contributed by atoms with Gasteiger partial charge >= 0.3 is 0 Å². The highest BCUT2D eigenvalue weighted by atomic mass is 19.1. The van der Waals surface area contributed by atoms with E-state index in [0.717, 1.165) is 16.3 Å². The Hall–Kier alpha value is -2.49. The predicted molar refractivity (Wildman–Crippen MR) is 73.3 cm³/mol. The lowest BCUT2D eigenvalue weighted by atomic mass is 10.2. The van der Waals surface area contributed by atoms with E-state index in [9.17, 15) is 4.39 Å². The van der Waals surface area contributed by atoms with Crippen molar-refractivity contribution in [3.63, 3.8) is 0 Å². The van der Waals surface area contributed by atoms with Gasteiger partial charge in [0, 0.05) is 17.3 Å². The average molecular weight is 253 g/mol. The molecular formula is C15H12FN3. The van der Waals surface area contributed by atoms with E-state index in [4.69, 9.17) is 0 Å². The number of fused-ring (bicyclic) bond motifs is 1. The molecule has 0 atom stereocenters. The van der Waals surface area contributed by atoms with E-state index < -0.39 is 0 Å². The van der Waals surface area contributed by atoms with Crippen LogP contribution in [0.1, 0.15) is 5.56 Å². The zero-order valence-electron chi connectivity index (χ0n) is 10.2. The van der Waals surface area contributed by atoms with Crippen LogP contribution in [0.15, 0.2) is 54.7 Å². The fraction of sp³-hybridized carbons (Fsp3) is 0.0667. The molecule has 0 saturated heterocycles. The Kier molecular flexibility index (Phi) is 3.06. The minimum absolute atomic E-state index is 0.233. The van der Waals surface area contributed by atoms with Crippen LogP contribution >= 0.6 is 0 Å². The maximum absolute atomic E-state index is 13.1. The summed E-state index contributed by atoms with van der Waals surface area (Å²) in [4.78, 5) is 0. The quantitative estimate of drug-likeness (QED) is 0.777. The van der Waals surface area contributed by atoms with Gasteiger partial charge in [-0.25, -0.2) is 4.39 Å². The van der Waals surface area contributed by atoms with Crippen molar-refractivity contribution in [2.24, 2.45) is 0 Å². The summed E-state index contributed by atoms with van der Waals surface area (Å²) in [6, 6.07) is 14.4. The maximum Gasteiger partial charge on any atom is 0.156 e. The number of hydrogen-bond acceptors (Lipinski definition) is 3. The van der Waals surface area contributed by atoms with Gasteiger partial charge < -0.3 is 5.32 Å². The SMILES string of the molecule is Fc1cccc(CNc2nncc3ccccc23)c1. The Morgan fingerprint density at radius 3 is 2.84 bits per heavy atom. The van der Waals surface area contributed by atoms with E-state index in [-0.39, 0.29) is 5.82 Å². The molecule has 4 heteroatoms. The second-order valence-corrected chi connectivity index (χ2v) is 4.26. The molecule has 3 aromatic rings. The lowest BCUT2D eigenvalue weighted by molar-refractivity contribution is 0.626. The lowest BCUT2D eigenvalue weighted by Crippen LogP contribution is -2.03. The number of nitrogens with zero attached hydrogens (tertiary/aromatic N) is 2. The molecule has 0 aliphatic carbocycles. The number of aromatic nitrogens is 2. The molecule has 0 unspecified atom stereocenters. The van der Waals surface area contributed by atoms with Crippen LogP contribution < -0.4 is 5.32 Å². The Balaban J connectivity index is 1.86. The summed E-state index contributed by atoms with van der Waals surface area (Å²) in [7, 11) is 0. The minimum Gasteiger partial charge on any atom is -0.364 e. The number of hydrogen-bond donors (Lipinski definition) is 1. The molecule has 3 nitrogen and oxygen atoms in total. The second-order valence-electron chi connectivity index (χ2n) is 4.26. The summed E-state index contributed by atoms with van der Waals surface area (Å²) in [6.45, 7) is 0.514. The third kappa shape index (κ3) is 2.52. The summed E-state index contributed by atoms with van der Waals surface area (Å²) in [5, 5.41) is 13.3. The highest BCUT2D eigenvalue weighted by Crippen LogP contribution is 2.19. The largest absolute Gasteiger partial charge is 0.364 e. The molecule has 0 aliphatic heterocycles. The topological polar surface area (TPSA) is 37.8 Å². The molecule has 3 rings (SSSR count). The van der Waals surface area contributed by atoms with Crippen LogP contribution in [-0.4, -0.2) is 10.2 Å². The first-order valence-electron chi connectivity index (χ1n) is 6.02. The Labute approximate surface area is 110 Å². The molecule has 1 heterocycles. The van der Waals surface area contributed by atoms with E-state index in [1.54, 1.807) is 12.3 Å². The van der Waals surface area contributed by atoms with Gasteiger partial charge in [-0.1, -0.05) is 36.4 Å². The first-order valence-corrected chi connectivity index (χ1v) is 6.02. The monoisotopic (exact) mass is 253 g/mol. The predicted octanol–water partition coefficient (Wildman–Crippen LogP) is 3.38. The highest BCUT2D eigenvalue weighted by molar-refractivity contribution is 5.90. The van der Waals surface area contributed by atoms with Gasteiger partial charge in [-0.05, 0) is 17.7 Å². The molecular weight excluding hydrogens is 241 g/mol.